The molecule has 1 aromatic carbocycles. The minimum absolute atomic E-state index is 0.230. The van der Waals surface area contributed by atoms with E-state index in [0.717, 1.165) is 17.1 Å². The van der Waals surface area contributed by atoms with Gasteiger partial charge in [-0.25, -0.2) is 4.98 Å². The van der Waals surface area contributed by atoms with Crippen LogP contribution in [0.4, 0.5) is 0 Å². The molecule has 1 atom stereocenters. The molecule has 0 radical (unpaired) electrons. The summed E-state index contributed by atoms with van der Waals surface area (Å²) in [7, 11) is 0. The van der Waals surface area contributed by atoms with E-state index in [1.165, 1.54) is 16.0 Å². The largest absolute Gasteiger partial charge is 0.329 e. The molecule has 1 aromatic heterocycles. The summed E-state index contributed by atoms with van der Waals surface area (Å²) in [5, 5.41) is 1.14. The number of benzene rings is 1. The molecule has 0 fully saturated rings. The number of hydrogen-bond acceptors (Lipinski definition) is 3. The molecule has 0 bridgehead atoms. The van der Waals surface area contributed by atoms with Crippen LogP contribution in [0.5, 0.6) is 0 Å². The molecule has 96 valence electrons. The normalized spacial score (nSPS) is 12.7. The fraction of sp³-hybridized carbons (Fsp3) is 0.400. The minimum atomic E-state index is 0.230. The quantitative estimate of drug-likeness (QED) is 0.915. The Bertz CT molecular complexity index is 494. The fourth-order valence-electron chi connectivity index (χ4n) is 2.01. The number of rotatable bonds is 4. The van der Waals surface area contributed by atoms with Gasteiger partial charge in [-0.1, -0.05) is 31.2 Å². The maximum Gasteiger partial charge on any atom is 0.102 e. The molecule has 18 heavy (non-hydrogen) atoms. The summed E-state index contributed by atoms with van der Waals surface area (Å²) in [5.41, 5.74) is 9.69. The zero-order valence-electron chi connectivity index (χ0n) is 11.2. The zero-order valence-corrected chi connectivity index (χ0v) is 12.1. The Morgan fingerprint density at radius 3 is 2.33 bits per heavy atom. The summed E-state index contributed by atoms with van der Waals surface area (Å²) in [6.07, 6.45) is 1.07. The second-order valence-electron chi connectivity index (χ2n) is 4.58. The molecule has 1 heterocycles. The predicted octanol–water partition coefficient (Wildman–Crippen LogP) is 3.41. The van der Waals surface area contributed by atoms with Crippen molar-refractivity contribution in [3.05, 3.63) is 51.0 Å². The molecule has 0 amide bonds. The number of thiazole rings is 1. The van der Waals surface area contributed by atoms with Gasteiger partial charge in [0, 0.05) is 17.3 Å². The maximum atomic E-state index is 5.93. The van der Waals surface area contributed by atoms with Gasteiger partial charge in [0.1, 0.15) is 5.01 Å². The monoisotopic (exact) mass is 260 g/mol. The lowest BCUT2D eigenvalue weighted by atomic mass is 9.98. The van der Waals surface area contributed by atoms with Crippen LogP contribution in [0.2, 0.25) is 0 Å². The highest BCUT2D eigenvalue weighted by Crippen LogP contribution is 2.29. The Morgan fingerprint density at radius 2 is 1.89 bits per heavy atom. The molecule has 2 N–H and O–H groups in total. The molecule has 3 heteroatoms. The topological polar surface area (TPSA) is 38.9 Å². The van der Waals surface area contributed by atoms with Gasteiger partial charge in [0.15, 0.2) is 0 Å². The van der Waals surface area contributed by atoms with E-state index in [0.29, 0.717) is 6.54 Å². The van der Waals surface area contributed by atoms with Crippen molar-refractivity contribution in [1.29, 1.82) is 0 Å². The number of nitrogens with two attached hydrogens (primary N) is 1. The van der Waals surface area contributed by atoms with Crippen molar-refractivity contribution in [3.8, 4) is 0 Å². The Kier molecular flexibility index (Phi) is 4.15. The van der Waals surface area contributed by atoms with E-state index in [4.69, 9.17) is 5.73 Å². The van der Waals surface area contributed by atoms with Crippen molar-refractivity contribution >= 4 is 11.3 Å². The molecule has 2 aromatic rings. The summed E-state index contributed by atoms with van der Waals surface area (Å²) < 4.78 is 0. The van der Waals surface area contributed by atoms with Gasteiger partial charge in [0.25, 0.3) is 0 Å². The highest BCUT2D eigenvalue weighted by Gasteiger charge is 2.17. The Morgan fingerprint density at radius 1 is 1.22 bits per heavy atom. The molecule has 0 spiro atoms. The lowest BCUT2D eigenvalue weighted by Gasteiger charge is -2.12. The van der Waals surface area contributed by atoms with Crippen molar-refractivity contribution < 1.29 is 0 Å². The summed E-state index contributed by atoms with van der Waals surface area (Å²) in [6.45, 7) is 6.95. The van der Waals surface area contributed by atoms with E-state index in [-0.39, 0.29) is 5.92 Å². The van der Waals surface area contributed by atoms with Crippen LogP contribution < -0.4 is 5.73 Å². The molecule has 2 rings (SSSR count). The van der Waals surface area contributed by atoms with Crippen LogP contribution in [0.25, 0.3) is 0 Å². The van der Waals surface area contributed by atoms with Crippen LogP contribution >= 0.6 is 11.3 Å². The third-order valence-electron chi connectivity index (χ3n) is 3.37. The number of aryl methyl sites for hydroxylation is 3. The van der Waals surface area contributed by atoms with Crippen LogP contribution in [0.15, 0.2) is 24.3 Å². The SMILES string of the molecule is CCc1ccc(C(CN)c2nc(C)c(C)s2)cc1. The van der Waals surface area contributed by atoms with E-state index in [9.17, 15) is 0 Å². The molecule has 2 nitrogen and oxygen atoms in total. The lowest BCUT2D eigenvalue weighted by Crippen LogP contribution is -2.13. The number of aromatic nitrogens is 1. The van der Waals surface area contributed by atoms with Crippen LogP contribution in [0, 0.1) is 13.8 Å². The highest BCUT2D eigenvalue weighted by atomic mass is 32.1. The average Bonchev–Trinajstić information content (AvgIpc) is 2.71. The first-order valence-electron chi connectivity index (χ1n) is 6.38. The maximum absolute atomic E-state index is 5.93. The van der Waals surface area contributed by atoms with Gasteiger partial charge < -0.3 is 5.73 Å². The minimum Gasteiger partial charge on any atom is -0.329 e. The van der Waals surface area contributed by atoms with Gasteiger partial charge in [-0.3, -0.25) is 0 Å². The van der Waals surface area contributed by atoms with Gasteiger partial charge in [-0.2, -0.15) is 0 Å². The van der Waals surface area contributed by atoms with Crippen LogP contribution in [0.1, 0.15) is 39.5 Å². The van der Waals surface area contributed by atoms with Crippen LogP contribution in [-0.4, -0.2) is 11.5 Å². The first-order chi connectivity index (χ1) is 8.65. The van der Waals surface area contributed by atoms with Crippen molar-refractivity contribution in [2.75, 3.05) is 6.54 Å². The van der Waals surface area contributed by atoms with Crippen molar-refractivity contribution in [2.24, 2.45) is 5.73 Å². The van der Waals surface area contributed by atoms with Gasteiger partial charge >= 0.3 is 0 Å². The lowest BCUT2D eigenvalue weighted by molar-refractivity contribution is 0.805. The molecule has 0 aliphatic carbocycles. The van der Waals surface area contributed by atoms with E-state index in [1.54, 1.807) is 11.3 Å². The second kappa shape index (κ2) is 5.63. The first-order valence-corrected chi connectivity index (χ1v) is 7.20. The van der Waals surface area contributed by atoms with Crippen molar-refractivity contribution in [2.45, 2.75) is 33.1 Å². The van der Waals surface area contributed by atoms with Crippen LogP contribution in [-0.2, 0) is 6.42 Å². The van der Waals surface area contributed by atoms with E-state index >= 15 is 0 Å². The standard InChI is InChI=1S/C15H20N2S/c1-4-12-5-7-13(8-6-12)14(9-16)15-17-10(2)11(3)18-15/h5-8,14H,4,9,16H2,1-3H3. The van der Waals surface area contributed by atoms with Gasteiger partial charge in [0.05, 0.1) is 5.69 Å². The van der Waals surface area contributed by atoms with E-state index in [2.05, 4.69) is 50.0 Å². The van der Waals surface area contributed by atoms with Gasteiger partial charge in [-0.15, -0.1) is 11.3 Å². The third-order valence-corrected chi connectivity index (χ3v) is 4.56. The molecule has 0 aliphatic rings. The molecule has 0 aliphatic heterocycles. The van der Waals surface area contributed by atoms with Gasteiger partial charge in [0.2, 0.25) is 0 Å². The fourth-order valence-corrected chi connectivity index (χ4v) is 3.08. The third kappa shape index (κ3) is 2.62. The molecule has 0 saturated heterocycles. The summed E-state index contributed by atoms with van der Waals surface area (Å²) in [4.78, 5) is 5.92. The van der Waals surface area contributed by atoms with Crippen LogP contribution in [0.3, 0.4) is 0 Å². The number of hydrogen-bond donors (Lipinski definition) is 1. The molecular formula is C15H20N2S. The first kappa shape index (κ1) is 13.2. The van der Waals surface area contributed by atoms with E-state index < -0.39 is 0 Å². The predicted molar refractivity (Wildman–Crippen MR) is 78.3 cm³/mol. The zero-order chi connectivity index (χ0) is 13.1. The summed E-state index contributed by atoms with van der Waals surface area (Å²) >= 11 is 1.76. The van der Waals surface area contributed by atoms with Crippen molar-refractivity contribution in [3.63, 3.8) is 0 Å². The Balaban J connectivity index is 2.32. The van der Waals surface area contributed by atoms with Crippen molar-refractivity contribution in [1.82, 2.24) is 4.98 Å². The smallest absolute Gasteiger partial charge is 0.102 e. The average molecular weight is 260 g/mol. The summed E-state index contributed by atoms with van der Waals surface area (Å²) in [5.74, 6) is 0.230. The van der Waals surface area contributed by atoms with E-state index in [1.807, 2.05) is 0 Å². The second-order valence-corrected chi connectivity index (χ2v) is 5.81. The highest BCUT2D eigenvalue weighted by molar-refractivity contribution is 7.11. The Hall–Kier alpha value is -1.19. The molecular weight excluding hydrogens is 240 g/mol. The molecule has 1 unspecified atom stereocenters. The molecule has 0 saturated carbocycles. The Labute approximate surface area is 113 Å². The number of nitrogens with zero attached hydrogens (tertiary/aromatic N) is 1. The summed E-state index contributed by atoms with van der Waals surface area (Å²) in [6, 6.07) is 8.74. The van der Waals surface area contributed by atoms with Gasteiger partial charge in [-0.05, 0) is 31.4 Å².